The van der Waals surface area contributed by atoms with E-state index >= 15 is 0 Å². The van der Waals surface area contributed by atoms with E-state index in [-0.39, 0.29) is 22.6 Å². The lowest BCUT2D eigenvalue weighted by molar-refractivity contribution is -0.138. The van der Waals surface area contributed by atoms with Crippen molar-refractivity contribution in [2.75, 3.05) is 18.0 Å². The predicted octanol–water partition coefficient (Wildman–Crippen LogP) is 1.48. The van der Waals surface area contributed by atoms with Gasteiger partial charge in [0, 0.05) is 31.0 Å². The molecule has 182 valence electrons. The van der Waals surface area contributed by atoms with Crippen molar-refractivity contribution in [1.82, 2.24) is 34.5 Å². The summed E-state index contributed by atoms with van der Waals surface area (Å²) in [5.74, 6) is -3.44. The molecule has 0 aliphatic carbocycles. The second-order valence-corrected chi connectivity index (χ2v) is 7.60. The number of aromatic amines is 2. The molecule has 1 aliphatic heterocycles. The number of alkyl halides is 5. The van der Waals surface area contributed by atoms with Crippen LogP contribution in [0.2, 0.25) is 0 Å². The summed E-state index contributed by atoms with van der Waals surface area (Å²) in [6.07, 6.45) is -1.62. The van der Waals surface area contributed by atoms with Crippen LogP contribution in [0.3, 0.4) is 0 Å². The lowest BCUT2D eigenvalue weighted by Gasteiger charge is -2.19. The fraction of sp³-hybridized carbons (Fsp3) is 0.263. The number of fused-ring (bicyclic) bond motifs is 1. The maximum Gasteiger partial charge on any atom is 0.419 e. The number of halogens is 5. The van der Waals surface area contributed by atoms with Gasteiger partial charge in [-0.05, 0) is 6.07 Å². The minimum absolute atomic E-state index is 0.0154. The third-order valence-corrected chi connectivity index (χ3v) is 5.24. The Kier molecular flexibility index (Phi) is 5.03. The molecular weight excluding hydrogens is 483 g/mol. The van der Waals surface area contributed by atoms with Crippen molar-refractivity contribution in [3.8, 4) is 17.3 Å². The van der Waals surface area contributed by atoms with Gasteiger partial charge in [0.1, 0.15) is 5.69 Å². The van der Waals surface area contributed by atoms with Gasteiger partial charge < -0.3 is 14.6 Å². The molecule has 0 radical (unpaired) electrons. The van der Waals surface area contributed by atoms with Crippen LogP contribution in [0.5, 0.6) is 6.01 Å². The van der Waals surface area contributed by atoms with E-state index in [0.717, 1.165) is 6.20 Å². The first-order chi connectivity index (χ1) is 16.5. The van der Waals surface area contributed by atoms with Gasteiger partial charge >= 0.3 is 23.8 Å². The van der Waals surface area contributed by atoms with Crippen LogP contribution in [0.25, 0.3) is 16.9 Å². The Labute approximate surface area is 190 Å². The number of anilines is 1. The monoisotopic (exact) mass is 496 g/mol. The highest BCUT2D eigenvalue weighted by atomic mass is 19.4. The summed E-state index contributed by atoms with van der Waals surface area (Å²) in [5, 5.41) is 4.23. The molecule has 1 fully saturated rings. The zero-order valence-corrected chi connectivity index (χ0v) is 17.3. The summed E-state index contributed by atoms with van der Waals surface area (Å²) < 4.78 is 74.1. The first-order valence-electron chi connectivity index (χ1n) is 9.87. The highest BCUT2D eigenvalue weighted by molar-refractivity contribution is 5.74. The zero-order valence-electron chi connectivity index (χ0n) is 17.3. The molecule has 16 heteroatoms. The number of hydrogen-bond acceptors (Lipinski definition) is 8. The van der Waals surface area contributed by atoms with Gasteiger partial charge in [0.2, 0.25) is 0 Å². The highest BCUT2D eigenvalue weighted by Gasteiger charge is 2.51. The summed E-state index contributed by atoms with van der Waals surface area (Å²) in [4.78, 5) is 40.0. The lowest BCUT2D eigenvalue weighted by Crippen LogP contribution is -2.37. The van der Waals surface area contributed by atoms with E-state index in [9.17, 15) is 31.5 Å². The lowest BCUT2D eigenvalue weighted by atomic mass is 10.2. The summed E-state index contributed by atoms with van der Waals surface area (Å²) in [5.41, 5.74) is -2.17. The molecule has 1 saturated heterocycles. The van der Waals surface area contributed by atoms with Crippen LogP contribution >= 0.6 is 0 Å². The van der Waals surface area contributed by atoms with Gasteiger partial charge in [0.25, 0.3) is 5.56 Å². The summed E-state index contributed by atoms with van der Waals surface area (Å²) in [6.45, 7) is -1.22. The SMILES string of the molecule is O=c1[nH]cc(-c2cc(N3C[C@H](Oc4ncc(C(F)(F)F)cn4)C(F)(F)C3)c3nccn3n2)c(=O)[nH]1. The molecule has 11 nitrogen and oxygen atoms in total. The van der Waals surface area contributed by atoms with Crippen molar-refractivity contribution >= 4 is 11.3 Å². The Bertz CT molecular complexity index is 1510. The highest BCUT2D eigenvalue weighted by Crippen LogP contribution is 2.36. The molecule has 0 spiro atoms. The molecule has 0 saturated carbocycles. The molecule has 1 atom stereocenters. The molecule has 0 aromatic carbocycles. The van der Waals surface area contributed by atoms with Gasteiger partial charge in [-0.25, -0.2) is 33.0 Å². The third-order valence-electron chi connectivity index (χ3n) is 5.24. The van der Waals surface area contributed by atoms with E-state index in [2.05, 4.69) is 30.0 Å². The quantitative estimate of drug-likeness (QED) is 0.406. The Hall–Kier alpha value is -4.37. The zero-order chi connectivity index (χ0) is 25.0. The van der Waals surface area contributed by atoms with Crippen LogP contribution in [0.4, 0.5) is 27.6 Å². The van der Waals surface area contributed by atoms with Gasteiger partial charge in [0.05, 0.1) is 29.9 Å². The summed E-state index contributed by atoms with van der Waals surface area (Å²) >= 11 is 0. The fourth-order valence-electron chi connectivity index (χ4n) is 3.58. The largest absolute Gasteiger partial charge is 0.452 e. The standard InChI is InChI=1S/C19H13F5N8O3/c20-18(21)8-31(7-13(18)35-17-27-4-9(5-28-17)19(22,23)24)12-3-11(30-32-2-1-25-14(12)32)10-6-26-16(34)29-15(10)33/h1-6,13H,7-8H2,(H2,26,29,33,34)/t13-/m0/s1. The number of ether oxygens (including phenoxy) is 1. The van der Waals surface area contributed by atoms with E-state index in [1.807, 2.05) is 0 Å². The van der Waals surface area contributed by atoms with Crippen LogP contribution in [-0.2, 0) is 6.18 Å². The number of imidazole rings is 1. The van der Waals surface area contributed by atoms with Crippen molar-refractivity contribution < 1.29 is 26.7 Å². The number of hydrogen-bond donors (Lipinski definition) is 2. The molecule has 5 rings (SSSR count). The average molecular weight is 496 g/mol. The molecule has 0 unspecified atom stereocenters. The summed E-state index contributed by atoms with van der Waals surface area (Å²) in [6, 6.07) is 0.726. The second-order valence-electron chi connectivity index (χ2n) is 7.60. The Morgan fingerprint density at radius 2 is 1.89 bits per heavy atom. The van der Waals surface area contributed by atoms with Gasteiger partial charge in [-0.15, -0.1) is 0 Å². The van der Waals surface area contributed by atoms with Crippen LogP contribution < -0.4 is 20.9 Å². The molecule has 5 heterocycles. The Morgan fingerprint density at radius 1 is 1.14 bits per heavy atom. The van der Waals surface area contributed by atoms with Crippen LogP contribution in [0.15, 0.2) is 46.6 Å². The van der Waals surface area contributed by atoms with E-state index < -0.39 is 54.1 Å². The first kappa shape index (κ1) is 22.4. The number of aromatic nitrogens is 7. The minimum atomic E-state index is -4.69. The van der Waals surface area contributed by atoms with Gasteiger partial charge in [0.15, 0.2) is 11.8 Å². The molecule has 35 heavy (non-hydrogen) atoms. The van der Waals surface area contributed by atoms with E-state index in [4.69, 9.17) is 4.74 Å². The predicted molar refractivity (Wildman–Crippen MR) is 108 cm³/mol. The molecule has 4 aromatic rings. The van der Waals surface area contributed by atoms with Gasteiger partial charge in [-0.2, -0.15) is 18.3 Å². The van der Waals surface area contributed by atoms with Gasteiger partial charge in [-0.1, -0.05) is 0 Å². The molecule has 2 N–H and O–H groups in total. The van der Waals surface area contributed by atoms with Crippen LogP contribution in [0.1, 0.15) is 5.56 Å². The normalized spacial score (nSPS) is 17.7. The van der Waals surface area contributed by atoms with Crippen molar-refractivity contribution in [2.45, 2.75) is 18.2 Å². The summed E-state index contributed by atoms with van der Waals surface area (Å²) in [7, 11) is 0. The number of rotatable bonds is 4. The first-order valence-corrected chi connectivity index (χ1v) is 9.87. The van der Waals surface area contributed by atoms with Crippen molar-refractivity contribution in [2.24, 2.45) is 0 Å². The Morgan fingerprint density at radius 3 is 2.57 bits per heavy atom. The molecular formula is C19H13F5N8O3. The number of nitrogens with one attached hydrogen (secondary N) is 2. The maximum atomic E-state index is 14.8. The number of H-pyrrole nitrogens is 2. The van der Waals surface area contributed by atoms with Crippen molar-refractivity contribution in [3.63, 3.8) is 0 Å². The topological polar surface area (TPSA) is 134 Å². The van der Waals surface area contributed by atoms with Crippen molar-refractivity contribution in [1.29, 1.82) is 0 Å². The van der Waals surface area contributed by atoms with Gasteiger partial charge in [-0.3, -0.25) is 9.78 Å². The smallest absolute Gasteiger partial charge is 0.419 e. The number of nitrogens with zero attached hydrogens (tertiary/aromatic N) is 6. The average Bonchev–Trinajstić information content (AvgIpc) is 3.37. The van der Waals surface area contributed by atoms with E-state index in [0.29, 0.717) is 12.4 Å². The fourth-order valence-corrected chi connectivity index (χ4v) is 3.58. The molecule has 1 aliphatic rings. The second kappa shape index (κ2) is 7.85. The van der Waals surface area contributed by atoms with E-state index in [1.54, 1.807) is 0 Å². The third kappa shape index (κ3) is 4.17. The van der Waals surface area contributed by atoms with Crippen LogP contribution in [-0.4, -0.2) is 59.6 Å². The van der Waals surface area contributed by atoms with E-state index in [1.165, 1.54) is 27.9 Å². The molecule has 0 amide bonds. The molecule has 0 bridgehead atoms. The molecule has 4 aromatic heterocycles. The minimum Gasteiger partial charge on any atom is -0.452 e. The van der Waals surface area contributed by atoms with Crippen LogP contribution in [0, 0.1) is 0 Å². The van der Waals surface area contributed by atoms with Crippen molar-refractivity contribution in [3.05, 3.63) is 63.5 Å². The Balaban J connectivity index is 1.47. The maximum absolute atomic E-state index is 14.8.